The molecule has 122 valence electrons. The standard InChI is InChI=1S/C16H17ClFN3O2/c1-9-20-21-15(23-9)7-10-2-4-12(6-10)19-16(22)13-5-3-11(17)8-14(13)18/h3,5,8,10,12H,2,4,6-7H2,1H3,(H,19,22)/t10-,12+/m1/s1. The summed E-state index contributed by atoms with van der Waals surface area (Å²) in [5.74, 6) is 0.559. The van der Waals surface area contributed by atoms with Crippen LogP contribution < -0.4 is 5.32 Å². The zero-order valence-corrected chi connectivity index (χ0v) is 13.4. The zero-order valence-electron chi connectivity index (χ0n) is 12.7. The quantitative estimate of drug-likeness (QED) is 0.929. The molecule has 0 bridgehead atoms. The lowest BCUT2D eigenvalue weighted by Gasteiger charge is -2.13. The Labute approximate surface area is 138 Å². The summed E-state index contributed by atoms with van der Waals surface area (Å²) in [5.41, 5.74) is 0.0189. The van der Waals surface area contributed by atoms with Crippen molar-refractivity contribution in [1.29, 1.82) is 0 Å². The van der Waals surface area contributed by atoms with Crippen LogP contribution in [0.5, 0.6) is 0 Å². The number of aromatic nitrogens is 2. The number of nitrogens with zero attached hydrogens (tertiary/aromatic N) is 2. The maximum atomic E-state index is 13.8. The molecule has 23 heavy (non-hydrogen) atoms. The van der Waals surface area contributed by atoms with E-state index in [0.29, 0.717) is 24.1 Å². The third kappa shape index (κ3) is 3.88. The van der Waals surface area contributed by atoms with E-state index < -0.39 is 11.7 Å². The molecule has 2 atom stereocenters. The lowest BCUT2D eigenvalue weighted by Crippen LogP contribution is -2.33. The van der Waals surface area contributed by atoms with Crippen LogP contribution >= 0.6 is 11.6 Å². The van der Waals surface area contributed by atoms with Crippen LogP contribution in [0.15, 0.2) is 22.6 Å². The first-order valence-electron chi connectivity index (χ1n) is 7.56. The van der Waals surface area contributed by atoms with Gasteiger partial charge < -0.3 is 9.73 Å². The van der Waals surface area contributed by atoms with E-state index in [2.05, 4.69) is 15.5 Å². The summed E-state index contributed by atoms with van der Waals surface area (Å²) in [4.78, 5) is 12.2. The number of halogens is 2. The van der Waals surface area contributed by atoms with Gasteiger partial charge in [0.1, 0.15) is 5.82 Å². The predicted octanol–water partition coefficient (Wildman–Crippen LogP) is 3.31. The van der Waals surface area contributed by atoms with Gasteiger partial charge in [0, 0.05) is 24.4 Å². The van der Waals surface area contributed by atoms with Crippen LogP contribution in [0.4, 0.5) is 4.39 Å². The van der Waals surface area contributed by atoms with Gasteiger partial charge in [-0.1, -0.05) is 11.6 Å². The molecule has 1 saturated carbocycles. The molecule has 0 aliphatic heterocycles. The molecule has 0 spiro atoms. The molecule has 1 aliphatic rings. The molecule has 0 saturated heterocycles. The minimum atomic E-state index is -0.606. The predicted molar refractivity (Wildman–Crippen MR) is 82.7 cm³/mol. The fourth-order valence-electron chi connectivity index (χ4n) is 3.00. The summed E-state index contributed by atoms with van der Waals surface area (Å²) in [7, 11) is 0. The lowest BCUT2D eigenvalue weighted by atomic mass is 10.0. The van der Waals surface area contributed by atoms with Crippen molar-refractivity contribution in [3.05, 3.63) is 46.4 Å². The molecule has 0 unspecified atom stereocenters. The summed E-state index contributed by atoms with van der Waals surface area (Å²) in [6.45, 7) is 1.76. The molecule has 1 fully saturated rings. The van der Waals surface area contributed by atoms with Gasteiger partial charge >= 0.3 is 0 Å². The Hall–Kier alpha value is -1.95. The van der Waals surface area contributed by atoms with Gasteiger partial charge in [-0.2, -0.15) is 0 Å². The van der Waals surface area contributed by atoms with E-state index >= 15 is 0 Å². The Morgan fingerprint density at radius 2 is 2.26 bits per heavy atom. The smallest absolute Gasteiger partial charge is 0.254 e. The highest BCUT2D eigenvalue weighted by Crippen LogP contribution is 2.28. The lowest BCUT2D eigenvalue weighted by molar-refractivity contribution is 0.0933. The van der Waals surface area contributed by atoms with E-state index in [9.17, 15) is 9.18 Å². The molecule has 0 radical (unpaired) electrons. The van der Waals surface area contributed by atoms with E-state index in [4.69, 9.17) is 16.0 Å². The fourth-order valence-corrected chi connectivity index (χ4v) is 3.15. The molecule has 1 heterocycles. The molecule has 1 amide bonds. The SMILES string of the molecule is Cc1nnc(C[C@@H]2CC[C@H](NC(=O)c3ccc(Cl)cc3F)C2)o1. The Bertz CT molecular complexity index is 719. The van der Waals surface area contributed by atoms with E-state index in [0.717, 1.165) is 25.3 Å². The Kier molecular flexibility index (Phi) is 4.61. The van der Waals surface area contributed by atoms with Gasteiger partial charge in [-0.05, 0) is 43.4 Å². The van der Waals surface area contributed by atoms with Crippen molar-refractivity contribution >= 4 is 17.5 Å². The second kappa shape index (κ2) is 6.66. The molecule has 7 heteroatoms. The highest BCUT2D eigenvalue weighted by Gasteiger charge is 2.28. The highest BCUT2D eigenvalue weighted by atomic mass is 35.5. The van der Waals surface area contributed by atoms with Gasteiger partial charge in [-0.3, -0.25) is 4.79 Å². The topological polar surface area (TPSA) is 68.0 Å². The first-order valence-corrected chi connectivity index (χ1v) is 7.94. The van der Waals surface area contributed by atoms with Crippen LogP contribution in [0.25, 0.3) is 0 Å². The van der Waals surface area contributed by atoms with Gasteiger partial charge in [0.15, 0.2) is 0 Å². The van der Waals surface area contributed by atoms with Crippen molar-refractivity contribution in [2.24, 2.45) is 5.92 Å². The van der Waals surface area contributed by atoms with Crippen molar-refractivity contribution in [1.82, 2.24) is 15.5 Å². The maximum Gasteiger partial charge on any atom is 0.254 e. The van der Waals surface area contributed by atoms with Crippen molar-refractivity contribution in [2.45, 2.75) is 38.6 Å². The van der Waals surface area contributed by atoms with E-state index in [1.54, 1.807) is 6.92 Å². The molecule has 5 nitrogen and oxygen atoms in total. The number of hydrogen-bond donors (Lipinski definition) is 1. The monoisotopic (exact) mass is 337 g/mol. The van der Waals surface area contributed by atoms with Crippen LogP contribution in [-0.4, -0.2) is 22.1 Å². The zero-order chi connectivity index (χ0) is 16.4. The van der Waals surface area contributed by atoms with Gasteiger partial charge in [0.2, 0.25) is 11.8 Å². The third-order valence-corrected chi connectivity index (χ3v) is 4.32. The Morgan fingerprint density at radius 3 is 2.96 bits per heavy atom. The summed E-state index contributed by atoms with van der Waals surface area (Å²) >= 11 is 5.70. The van der Waals surface area contributed by atoms with Crippen LogP contribution in [0, 0.1) is 18.7 Å². The number of hydrogen-bond acceptors (Lipinski definition) is 4. The maximum absolute atomic E-state index is 13.8. The molecular formula is C16H17ClFN3O2. The molecular weight excluding hydrogens is 321 g/mol. The minimum absolute atomic E-state index is 0.0189. The van der Waals surface area contributed by atoms with E-state index in [-0.39, 0.29) is 16.6 Å². The largest absolute Gasteiger partial charge is 0.426 e. The molecule has 3 rings (SSSR count). The number of carbonyl (C=O) groups is 1. The first-order chi connectivity index (χ1) is 11.0. The van der Waals surface area contributed by atoms with Crippen LogP contribution in [0.3, 0.4) is 0 Å². The van der Waals surface area contributed by atoms with Gasteiger partial charge in [-0.15, -0.1) is 10.2 Å². The van der Waals surface area contributed by atoms with Crippen molar-refractivity contribution < 1.29 is 13.6 Å². The summed E-state index contributed by atoms with van der Waals surface area (Å²) in [5, 5.41) is 11.0. The summed E-state index contributed by atoms with van der Waals surface area (Å²) in [6.07, 6.45) is 3.36. The second-order valence-corrected chi connectivity index (χ2v) is 6.33. The average molecular weight is 338 g/mol. The molecule has 1 aromatic heterocycles. The van der Waals surface area contributed by atoms with Gasteiger partial charge in [0.05, 0.1) is 5.56 Å². The van der Waals surface area contributed by atoms with Crippen molar-refractivity contribution in [3.63, 3.8) is 0 Å². The van der Waals surface area contributed by atoms with Crippen LogP contribution in [-0.2, 0) is 6.42 Å². The minimum Gasteiger partial charge on any atom is -0.426 e. The van der Waals surface area contributed by atoms with E-state index in [1.807, 2.05) is 0 Å². The normalized spacial score (nSPS) is 20.7. The average Bonchev–Trinajstić information content (AvgIpc) is 3.08. The highest BCUT2D eigenvalue weighted by molar-refractivity contribution is 6.30. The number of aryl methyl sites for hydroxylation is 1. The van der Waals surface area contributed by atoms with Crippen LogP contribution in [0.1, 0.15) is 41.4 Å². The first kappa shape index (κ1) is 15.9. The molecule has 1 aromatic carbocycles. The van der Waals surface area contributed by atoms with E-state index in [1.165, 1.54) is 12.1 Å². The molecule has 1 N–H and O–H groups in total. The third-order valence-electron chi connectivity index (χ3n) is 4.08. The fraction of sp³-hybridized carbons (Fsp3) is 0.438. The number of rotatable bonds is 4. The molecule has 2 aromatic rings. The van der Waals surface area contributed by atoms with Crippen molar-refractivity contribution in [3.8, 4) is 0 Å². The second-order valence-electron chi connectivity index (χ2n) is 5.89. The molecule has 1 aliphatic carbocycles. The van der Waals surface area contributed by atoms with Gasteiger partial charge in [-0.25, -0.2) is 4.39 Å². The van der Waals surface area contributed by atoms with Crippen molar-refractivity contribution in [2.75, 3.05) is 0 Å². The summed E-state index contributed by atoms with van der Waals surface area (Å²) in [6, 6.07) is 4.09. The number of carbonyl (C=O) groups excluding carboxylic acids is 1. The Balaban J connectivity index is 1.56. The Morgan fingerprint density at radius 1 is 1.43 bits per heavy atom. The van der Waals surface area contributed by atoms with Gasteiger partial charge in [0.25, 0.3) is 5.91 Å². The summed E-state index contributed by atoms with van der Waals surface area (Å²) < 4.78 is 19.2. The number of benzene rings is 1. The van der Waals surface area contributed by atoms with Crippen LogP contribution in [0.2, 0.25) is 5.02 Å². The number of amides is 1. The number of nitrogens with one attached hydrogen (secondary N) is 1.